The predicted molar refractivity (Wildman–Crippen MR) is 103 cm³/mol. The van der Waals surface area contributed by atoms with Crippen LogP contribution in [-0.4, -0.2) is 11.8 Å². The SMILES string of the molecule is O=C1[C@@H]2[C@@H](C(=O)N1c1ccc(Cl)cc1)[C@@H]1C=C[C@H]2C12C[C@H]2c1ccccc1. The van der Waals surface area contributed by atoms with Gasteiger partial charge in [0.05, 0.1) is 17.5 Å². The number of allylic oxidation sites excluding steroid dienone is 2. The van der Waals surface area contributed by atoms with Crippen molar-refractivity contribution >= 4 is 29.1 Å². The lowest BCUT2D eigenvalue weighted by atomic mass is 9.85. The van der Waals surface area contributed by atoms with Crippen LogP contribution in [0.15, 0.2) is 66.7 Å². The highest BCUT2D eigenvalue weighted by Crippen LogP contribution is 2.79. The van der Waals surface area contributed by atoms with Gasteiger partial charge in [-0.1, -0.05) is 54.1 Å². The number of hydrogen-bond acceptors (Lipinski definition) is 2. The highest BCUT2D eigenvalue weighted by molar-refractivity contribution is 6.30. The molecular weight excluding hydrogens is 358 g/mol. The zero-order chi connectivity index (χ0) is 18.3. The Kier molecular flexibility index (Phi) is 2.96. The van der Waals surface area contributed by atoms with Gasteiger partial charge >= 0.3 is 0 Å². The molecule has 0 radical (unpaired) electrons. The lowest BCUT2D eigenvalue weighted by molar-refractivity contribution is -0.123. The van der Waals surface area contributed by atoms with Crippen LogP contribution in [0.5, 0.6) is 0 Å². The van der Waals surface area contributed by atoms with E-state index >= 15 is 0 Å². The molecule has 2 aromatic carbocycles. The van der Waals surface area contributed by atoms with E-state index in [9.17, 15) is 9.59 Å². The van der Waals surface area contributed by atoms with Crippen LogP contribution in [0.2, 0.25) is 5.02 Å². The second-order valence-corrected chi connectivity index (χ2v) is 8.69. The molecule has 27 heavy (non-hydrogen) atoms. The lowest BCUT2D eigenvalue weighted by Crippen LogP contribution is -2.35. The number of amides is 2. The van der Waals surface area contributed by atoms with E-state index < -0.39 is 0 Å². The van der Waals surface area contributed by atoms with Crippen molar-refractivity contribution < 1.29 is 9.59 Å². The van der Waals surface area contributed by atoms with E-state index in [0.29, 0.717) is 16.6 Å². The minimum Gasteiger partial charge on any atom is -0.274 e. The van der Waals surface area contributed by atoms with Gasteiger partial charge in [-0.15, -0.1) is 0 Å². The average molecular weight is 376 g/mol. The number of rotatable bonds is 2. The molecule has 3 fully saturated rings. The quantitative estimate of drug-likeness (QED) is 0.575. The molecule has 2 bridgehead atoms. The van der Waals surface area contributed by atoms with Crippen molar-refractivity contribution in [3.8, 4) is 0 Å². The molecule has 134 valence electrons. The third-order valence-electron chi connectivity index (χ3n) is 7.27. The van der Waals surface area contributed by atoms with Crippen LogP contribution in [0.3, 0.4) is 0 Å². The Morgan fingerprint density at radius 3 is 2.04 bits per heavy atom. The van der Waals surface area contributed by atoms with Crippen molar-refractivity contribution in [3.63, 3.8) is 0 Å². The third kappa shape index (κ3) is 1.83. The molecule has 6 atom stereocenters. The summed E-state index contributed by atoms with van der Waals surface area (Å²) >= 11 is 5.96. The summed E-state index contributed by atoms with van der Waals surface area (Å²) in [7, 11) is 0. The standard InChI is InChI=1S/C23H18ClNO2/c24-14-6-8-15(9-7-14)25-21(26)19-16-10-11-17(20(19)22(25)27)23(16)12-18(23)13-4-2-1-3-5-13/h1-11,16-20H,12H2/t16-,17+,18-,19-,20-,23?/m0/s1. The molecule has 0 N–H and O–H groups in total. The minimum absolute atomic E-state index is 0.0396. The van der Waals surface area contributed by atoms with Crippen LogP contribution >= 0.6 is 11.6 Å². The number of nitrogens with zero attached hydrogens (tertiary/aromatic N) is 1. The summed E-state index contributed by atoms with van der Waals surface area (Å²) in [6, 6.07) is 17.5. The van der Waals surface area contributed by atoms with Gasteiger partial charge in [-0.25, -0.2) is 0 Å². The van der Waals surface area contributed by atoms with Crippen molar-refractivity contribution in [1.29, 1.82) is 0 Å². The van der Waals surface area contributed by atoms with Gasteiger partial charge in [-0.05, 0) is 59.4 Å². The lowest BCUT2D eigenvalue weighted by Gasteiger charge is -2.23. The van der Waals surface area contributed by atoms with Gasteiger partial charge < -0.3 is 0 Å². The van der Waals surface area contributed by atoms with E-state index in [2.05, 4.69) is 36.4 Å². The first-order valence-corrected chi connectivity index (χ1v) is 9.87. The number of halogens is 1. The molecule has 4 heteroatoms. The molecule has 2 aromatic rings. The van der Waals surface area contributed by atoms with Crippen LogP contribution in [-0.2, 0) is 9.59 Å². The second-order valence-electron chi connectivity index (χ2n) is 8.26. The van der Waals surface area contributed by atoms with Gasteiger partial charge in [-0.2, -0.15) is 0 Å². The minimum atomic E-state index is -0.211. The van der Waals surface area contributed by atoms with Crippen molar-refractivity contribution in [3.05, 3.63) is 77.3 Å². The van der Waals surface area contributed by atoms with Crippen LogP contribution in [0.1, 0.15) is 17.9 Å². The molecule has 1 saturated heterocycles. The normalized spacial score (nSPS) is 38.1. The largest absolute Gasteiger partial charge is 0.274 e. The molecule has 4 aliphatic rings. The number of anilines is 1. The Labute approximate surface area is 162 Å². The number of benzene rings is 2. The molecule has 3 aliphatic carbocycles. The first kappa shape index (κ1) is 15.6. The summed E-state index contributed by atoms with van der Waals surface area (Å²) in [6.07, 6.45) is 5.50. The first-order chi connectivity index (χ1) is 13.1. The van der Waals surface area contributed by atoms with E-state index in [1.165, 1.54) is 10.5 Å². The number of carbonyl (C=O) groups excluding carboxylic acids is 2. The predicted octanol–water partition coefficient (Wildman–Crippen LogP) is 4.44. The van der Waals surface area contributed by atoms with E-state index in [-0.39, 0.29) is 40.9 Å². The van der Waals surface area contributed by atoms with Gasteiger partial charge in [-0.3, -0.25) is 14.5 Å². The van der Waals surface area contributed by atoms with Crippen LogP contribution in [0, 0.1) is 29.1 Å². The zero-order valence-corrected chi connectivity index (χ0v) is 15.3. The molecule has 1 heterocycles. The van der Waals surface area contributed by atoms with E-state index in [1.54, 1.807) is 24.3 Å². The average Bonchev–Trinajstić information content (AvgIpc) is 3.17. The summed E-state index contributed by atoms with van der Waals surface area (Å²) in [5, 5.41) is 0.599. The zero-order valence-electron chi connectivity index (χ0n) is 14.6. The molecule has 3 nitrogen and oxygen atoms in total. The second kappa shape index (κ2) is 5.11. The van der Waals surface area contributed by atoms with Crippen LogP contribution < -0.4 is 4.90 Å². The molecule has 2 saturated carbocycles. The maximum Gasteiger partial charge on any atom is 0.238 e. The van der Waals surface area contributed by atoms with Crippen molar-refractivity contribution in [2.75, 3.05) is 4.90 Å². The highest BCUT2D eigenvalue weighted by atomic mass is 35.5. The number of imide groups is 1. The highest BCUT2D eigenvalue weighted by Gasteiger charge is 2.77. The van der Waals surface area contributed by atoms with Crippen molar-refractivity contribution in [2.45, 2.75) is 12.3 Å². The van der Waals surface area contributed by atoms with E-state index in [4.69, 9.17) is 11.6 Å². The fourth-order valence-electron chi connectivity index (χ4n) is 6.19. The monoisotopic (exact) mass is 375 g/mol. The molecule has 6 rings (SSSR count). The van der Waals surface area contributed by atoms with Gasteiger partial charge in [0, 0.05) is 5.02 Å². The molecule has 1 spiro atoms. The van der Waals surface area contributed by atoms with E-state index in [0.717, 1.165) is 6.42 Å². The summed E-state index contributed by atoms with van der Waals surface area (Å²) < 4.78 is 0. The Morgan fingerprint density at radius 2 is 1.44 bits per heavy atom. The molecule has 0 aromatic heterocycles. The Balaban J connectivity index is 1.36. The molecular formula is C23H18ClNO2. The number of fused-ring (bicyclic) bond motifs is 3. The third-order valence-corrected chi connectivity index (χ3v) is 7.52. The summed E-state index contributed by atoms with van der Waals surface area (Å²) in [5.74, 6) is 0.301. The van der Waals surface area contributed by atoms with Gasteiger partial charge in [0.2, 0.25) is 11.8 Å². The van der Waals surface area contributed by atoms with Gasteiger partial charge in [0.25, 0.3) is 0 Å². The van der Waals surface area contributed by atoms with Gasteiger partial charge in [0.1, 0.15) is 0 Å². The Morgan fingerprint density at radius 1 is 0.852 bits per heavy atom. The van der Waals surface area contributed by atoms with E-state index in [1.807, 2.05) is 6.07 Å². The first-order valence-electron chi connectivity index (χ1n) is 9.49. The van der Waals surface area contributed by atoms with Crippen LogP contribution in [0.25, 0.3) is 0 Å². The van der Waals surface area contributed by atoms with Crippen LogP contribution in [0.4, 0.5) is 5.69 Å². The molecule has 1 aliphatic heterocycles. The summed E-state index contributed by atoms with van der Waals surface area (Å²) in [6.45, 7) is 0. The maximum atomic E-state index is 13.3. The summed E-state index contributed by atoms with van der Waals surface area (Å²) in [4.78, 5) is 27.9. The van der Waals surface area contributed by atoms with Gasteiger partial charge in [0.15, 0.2) is 0 Å². The Hall–Kier alpha value is -2.39. The summed E-state index contributed by atoms with van der Waals surface area (Å²) in [5.41, 5.74) is 2.05. The Bertz CT molecular complexity index is 965. The number of carbonyl (C=O) groups is 2. The fourth-order valence-corrected chi connectivity index (χ4v) is 6.31. The number of hydrogen-bond donors (Lipinski definition) is 0. The van der Waals surface area contributed by atoms with Crippen molar-refractivity contribution in [2.24, 2.45) is 29.1 Å². The fraction of sp³-hybridized carbons (Fsp3) is 0.304. The molecule has 1 unspecified atom stereocenters. The smallest absolute Gasteiger partial charge is 0.238 e. The maximum absolute atomic E-state index is 13.3. The van der Waals surface area contributed by atoms with Crippen molar-refractivity contribution in [1.82, 2.24) is 0 Å². The molecule has 2 amide bonds. The topological polar surface area (TPSA) is 37.4 Å².